The number of rotatable bonds is 8. The number of carbonyl (C=O) groups excluding carboxylic acids is 1. The second kappa shape index (κ2) is 13.3. The van der Waals surface area contributed by atoms with Gasteiger partial charge in [0.1, 0.15) is 0 Å². The molecule has 0 bridgehead atoms. The minimum Gasteiger partial charge on any atom is -0.379 e. The molecule has 27 heavy (non-hydrogen) atoms. The molecular formula is C20H33Cl2N3O2. The molecule has 0 radical (unpaired) electrons. The standard InChI is InChI=1S/C20H31N3O2.2ClH/c24-20(7-6-18-8-9-21-15-18)22-19(14-17-4-2-1-3-5-17)16-23-10-12-25-13-11-23;;/h1-5,18-19,21H,6-16H2,(H,22,24);2*1H. The van der Waals surface area contributed by atoms with E-state index in [1.54, 1.807) is 0 Å². The molecule has 2 saturated heterocycles. The van der Waals surface area contributed by atoms with Gasteiger partial charge in [-0.1, -0.05) is 30.3 Å². The molecule has 7 heteroatoms. The highest BCUT2D eigenvalue weighted by Gasteiger charge is 2.20. The Morgan fingerprint density at radius 2 is 1.96 bits per heavy atom. The Bertz CT molecular complexity index is 521. The third kappa shape index (κ3) is 8.79. The minimum atomic E-state index is 0. The number of ether oxygens (including phenoxy) is 1. The molecular weight excluding hydrogens is 385 g/mol. The van der Waals surface area contributed by atoms with Crippen molar-refractivity contribution in [3.63, 3.8) is 0 Å². The Labute approximate surface area is 175 Å². The van der Waals surface area contributed by atoms with Crippen molar-refractivity contribution in [1.82, 2.24) is 15.5 Å². The van der Waals surface area contributed by atoms with Gasteiger partial charge in [0.25, 0.3) is 0 Å². The number of hydrogen-bond donors (Lipinski definition) is 2. The van der Waals surface area contributed by atoms with E-state index in [1.165, 1.54) is 12.0 Å². The van der Waals surface area contributed by atoms with Gasteiger partial charge in [0.15, 0.2) is 0 Å². The highest BCUT2D eigenvalue weighted by atomic mass is 35.5. The number of nitrogens with zero attached hydrogens (tertiary/aromatic N) is 1. The average molecular weight is 418 g/mol. The van der Waals surface area contributed by atoms with Crippen LogP contribution in [0.3, 0.4) is 0 Å². The molecule has 0 spiro atoms. The van der Waals surface area contributed by atoms with E-state index in [9.17, 15) is 4.79 Å². The number of halogens is 2. The first-order valence-electron chi connectivity index (χ1n) is 9.63. The highest BCUT2D eigenvalue weighted by Crippen LogP contribution is 2.14. The number of nitrogens with one attached hydrogen (secondary N) is 2. The Morgan fingerprint density at radius 3 is 2.63 bits per heavy atom. The molecule has 1 amide bonds. The second-order valence-corrected chi connectivity index (χ2v) is 7.26. The smallest absolute Gasteiger partial charge is 0.220 e. The van der Waals surface area contributed by atoms with Gasteiger partial charge in [0, 0.05) is 32.1 Å². The minimum absolute atomic E-state index is 0. The van der Waals surface area contributed by atoms with E-state index in [1.807, 2.05) is 6.07 Å². The van der Waals surface area contributed by atoms with Crippen LogP contribution >= 0.6 is 24.8 Å². The molecule has 2 heterocycles. The van der Waals surface area contributed by atoms with Gasteiger partial charge in [-0.05, 0) is 43.8 Å². The lowest BCUT2D eigenvalue weighted by Crippen LogP contribution is -2.48. The number of hydrogen-bond acceptors (Lipinski definition) is 4. The fraction of sp³-hybridized carbons (Fsp3) is 0.650. The second-order valence-electron chi connectivity index (χ2n) is 7.26. The van der Waals surface area contributed by atoms with E-state index in [4.69, 9.17) is 4.74 Å². The third-order valence-electron chi connectivity index (χ3n) is 5.21. The molecule has 5 nitrogen and oxygen atoms in total. The molecule has 2 atom stereocenters. The fourth-order valence-electron chi connectivity index (χ4n) is 3.75. The van der Waals surface area contributed by atoms with Crippen LogP contribution in [0.15, 0.2) is 30.3 Å². The van der Waals surface area contributed by atoms with E-state index in [2.05, 4.69) is 39.8 Å². The summed E-state index contributed by atoms with van der Waals surface area (Å²) in [5.74, 6) is 0.860. The molecule has 2 fully saturated rings. The summed E-state index contributed by atoms with van der Waals surface area (Å²) in [5, 5.41) is 6.67. The Kier molecular flexibility index (Phi) is 12.0. The predicted molar refractivity (Wildman–Crippen MR) is 114 cm³/mol. The molecule has 0 aliphatic carbocycles. The molecule has 0 saturated carbocycles. The summed E-state index contributed by atoms with van der Waals surface area (Å²) >= 11 is 0. The molecule has 0 aromatic heterocycles. The zero-order chi connectivity index (χ0) is 17.3. The van der Waals surface area contributed by atoms with E-state index in [0.717, 1.165) is 58.8 Å². The van der Waals surface area contributed by atoms with Crippen molar-refractivity contribution in [2.75, 3.05) is 45.9 Å². The fourth-order valence-corrected chi connectivity index (χ4v) is 3.75. The Balaban J connectivity index is 0.00000182. The summed E-state index contributed by atoms with van der Waals surface area (Å²) in [6, 6.07) is 10.6. The van der Waals surface area contributed by atoms with Crippen LogP contribution in [0.1, 0.15) is 24.8 Å². The Hall–Kier alpha value is -0.850. The zero-order valence-electron chi connectivity index (χ0n) is 15.9. The topological polar surface area (TPSA) is 53.6 Å². The van der Waals surface area contributed by atoms with Gasteiger partial charge < -0.3 is 15.4 Å². The van der Waals surface area contributed by atoms with Gasteiger partial charge in [0.05, 0.1) is 13.2 Å². The molecule has 2 aliphatic rings. The van der Waals surface area contributed by atoms with Gasteiger partial charge in [-0.15, -0.1) is 24.8 Å². The van der Waals surface area contributed by atoms with Crippen LogP contribution in [-0.4, -0.2) is 62.8 Å². The average Bonchev–Trinajstić information content (AvgIpc) is 3.15. The molecule has 2 unspecified atom stereocenters. The first-order chi connectivity index (χ1) is 12.3. The number of carbonyl (C=O) groups is 1. The summed E-state index contributed by atoms with van der Waals surface area (Å²) in [4.78, 5) is 14.9. The van der Waals surface area contributed by atoms with E-state index < -0.39 is 0 Å². The number of amides is 1. The van der Waals surface area contributed by atoms with E-state index >= 15 is 0 Å². The van der Waals surface area contributed by atoms with Gasteiger partial charge in [-0.3, -0.25) is 9.69 Å². The van der Waals surface area contributed by atoms with E-state index in [-0.39, 0.29) is 36.8 Å². The number of morpholine rings is 1. The maximum Gasteiger partial charge on any atom is 0.220 e. The summed E-state index contributed by atoms with van der Waals surface area (Å²) in [5.41, 5.74) is 1.28. The molecule has 1 aromatic rings. The zero-order valence-corrected chi connectivity index (χ0v) is 17.5. The first kappa shape index (κ1) is 24.2. The van der Waals surface area contributed by atoms with Crippen molar-refractivity contribution >= 4 is 30.7 Å². The van der Waals surface area contributed by atoms with Crippen molar-refractivity contribution in [1.29, 1.82) is 0 Å². The van der Waals surface area contributed by atoms with Crippen LogP contribution in [0.2, 0.25) is 0 Å². The van der Waals surface area contributed by atoms with Crippen molar-refractivity contribution in [2.24, 2.45) is 5.92 Å². The van der Waals surface area contributed by atoms with Crippen LogP contribution in [0.5, 0.6) is 0 Å². The summed E-state index contributed by atoms with van der Waals surface area (Å²) in [6.45, 7) is 6.55. The van der Waals surface area contributed by atoms with Crippen molar-refractivity contribution < 1.29 is 9.53 Å². The van der Waals surface area contributed by atoms with Gasteiger partial charge in [-0.2, -0.15) is 0 Å². The van der Waals surface area contributed by atoms with Crippen LogP contribution in [0, 0.1) is 5.92 Å². The first-order valence-corrected chi connectivity index (χ1v) is 9.63. The van der Waals surface area contributed by atoms with Crippen molar-refractivity contribution in [2.45, 2.75) is 31.7 Å². The SMILES string of the molecule is Cl.Cl.O=C(CCC1CCNC1)NC(Cc1ccccc1)CN1CCOCC1. The Morgan fingerprint density at radius 1 is 1.22 bits per heavy atom. The quantitative estimate of drug-likeness (QED) is 0.680. The third-order valence-corrected chi connectivity index (χ3v) is 5.21. The summed E-state index contributed by atoms with van der Waals surface area (Å²) in [7, 11) is 0. The lowest BCUT2D eigenvalue weighted by atomic mass is 10.0. The predicted octanol–water partition coefficient (Wildman–Crippen LogP) is 2.28. The van der Waals surface area contributed by atoms with Gasteiger partial charge in [0.2, 0.25) is 5.91 Å². The largest absolute Gasteiger partial charge is 0.379 e. The van der Waals surface area contributed by atoms with Crippen LogP contribution in [0.25, 0.3) is 0 Å². The van der Waals surface area contributed by atoms with Crippen LogP contribution < -0.4 is 10.6 Å². The van der Waals surface area contributed by atoms with Crippen LogP contribution in [-0.2, 0) is 16.0 Å². The van der Waals surface area contributed by atoms with Gasteiger partial charge in [-0.25, -0.2) is 0 Å². The van der Waals surface area contributed by atoms with E-state index in [0.29, 0.717) is 12.3 Å². The van der Waals surface area contributed by atoms with Crippen LogP contribution in [0.4, 0.5) is 0 Å². The molecule has 3 rings (SSSR count). The van der Waals surface area contributed by atoms with Crippen molar-refractivity contribution in [3.8, 4) is 0 Å². The highest BCUT2D eigenvalue weighted by molar-refractivity contribution is 5.85. The molecule has 2 aliphatic heterocycles. The molecule has 2 N–H and O–H groups in total. The summed E-state index contributed by atoms with van der Waals surface area (Å²) < 4.78 is 5.44. The normalized spacial score (nSPS) is 21.0. The molecule has 1 aromatic carbocycles. The van der Waals surface area contributed by atoms with Crippen molar-refractivity contribution in [3.05, 3.63) is 35.9 Å². The van der Waals surface area contributed by atoms with Gasteiger partial charge >= 0.3 is 0 Å². The summed E-state index contributed by atoms with van der Waals surface area (Å²) in [6.07, 6.45) is 3.72. The monoisotopic (exact) mass is 417 g/mol. The lowest BCUT2D eigenvalue weighted by Gasteiger charge is -2.31. The maximum absolute atomic E-state index is 12.5. The lowest BCUT2D eigenvalue weighted by molar-refractivity contribution is -0.122. The number of benzene rings is 1. The molecule has 154 valence electrons. The maximum atomic E-state index is 12.5.